The lowest BCUT2D eigenvalue weighted by Gasteiger charge is -2.16. The third kappa shape index (κ3) is 3.90. The number of nitrogen functional groups attached to an aromatic ring is 1. The van der Waals surface area contributed by atoms with Gasteiger partial charge in [-0.2, -0.15) is 0 Å². The third-order valence-corrected chi connectivity index (χ3v) is 3.07. The minimum Gasteiger partial charge on any atom is -0.384 e. The highest BCUT2D eigenvalue weighted by molar-refractivity contribution is 5.98. The number of carbonyl (C=O) groups excluding carboxylic acids is 1. The zero-order valence-electron chi connectivity index (χ0n) is 11.2. The lowest BCUT2D eigenvalue weighted by Crippen LogP contribution is -2.30. The molecule has 0 aliphatic carbocycles. The SMILES string of the molecule is CC(C)C(C)CNC(=O)c1cc(N)ncc1[N+](=O)[O-]. The van der Waals surface area contributed by atoms with E-state index in [-0.39, 0.29) is 23.0 Å². The van der Waals surface area contributed by atoms with E-state index in [4.69, 9.17) is 5.73 Å². The molecule has 0 aromatic carbocycles. The number of hydrogen-bond donors (Lipinski definition) is 2. The Morgan fingerprint density at radius 1 is 1.53 bits per heavy atom. The van der Waals surface area contributed by atoms with Crippen LogP contribution in [0.1, 0.15) is 31.1 Å². The van der Waals surface area contributed by atoms with E-state index in [1.54, 1.807) is 0 Å². The van der Waals surface area contributed by atoms with Crippen molar-refractivity contribution in [2.45, 2.75) is 20.8 Å². The summed E-state index contributed by atoms with van der Waals surface area (Å²) in [6, 6.07) is 1.22. The van der Waals surface area contributed by atoms with Gasteiger partial charge in [0.2, 0.25) is 0 Å². The fourth-order valence-corrected chi connectivity index (χ4v) is 1.38. The van der Waals surface area contributed by atoms with Gasteiger partial charge in [0.25, 0.3) is 11.6 Å². The number of aromatic nitrogens is 1. The molecule has 1 aromatic heterocycles. The first-order valence-electron chi connectivity index (χ1n) is 6.01. The average Bonchev–Trinajstić information content (AvgIpc) is 2.34. The van der Waals surface area contributed by atoms with Crippen molar-refractivity contribution in [1.29, 1.82) is 0 Å². The summed E-state index contributed by atoms with van der Waals surface area (Å²) in [7, 11) is 0. The van der Waals surface area contributed by atoms with Crippen molar-refractivity contribution in [3.8, 4) is 0 Å². The summed E-state index contributed by atoms with van der Waals surface area (Å²) >= 11 is 0. The van der Waals surface area contributed by atoms with Crippen LogP contribution in [0.5, 0.6) is 0 Å². The van der Waals surface area contributed by atoms with Gasteiger partial charge in [-0.25, -0.2) is 4.98 Å². The average molecular weight is 266 g/mol. The van der Waals surface area contributed by atoms with Crippen LogP contribution in [0.3, 0.4) is 0 Å². The highest BCUT2D eigenvalue weighted by atomic mass is 16.6. The van der Waals surface area contributed by atoms with Crippen molar-refractivity contribution in [1.82, 2.24) is 10.3 Å². The van der Waals surface area contributed by atoms with E-state index in [1.807, 2.05) is 20.8 Å². The number of rotatable bonds is 5. The number of hydrogen-bond acceptors (Lipinski definition) is 5. The zero-order valence-corrected chi connectivity index (χ0v) is 11.2. The minimum absolute atomic E-state index is 0.0616. The Balaban J connectivity index is 2.87. The Kier molecular flexibility index (Phi) is 4.80. The molecule has 0 saturated heterocycles. The molecule has 0 aliphatic heterocycles. The van der Waals surface area contributed by atoms with Crippen LogP contribution in [-0.4, -0.2) is 22.4 Å². The summed E-state index contributed by atoms with van der Waals surface area (Å²) in [5, 5.41) is 13.5. The number of nitrogens with zero attached hydrogens (tertiary/aromatic N) is 2. The van der Waals surface area contributed by atoms with Crippen LogP contribution in [0.4, 0.5) is 11.5 Å². The predicted octanol–water partition coefficient (Wildman–Crippen LogP) is 1.59. The second kappa shape index (κ2) is 6.12. The smallest absolute Gasteiger partial charge is 0.300 e. The Hall–Kier alpha value is -2.18. The normalized spacial score (nSPS) is 12.2. The van der Waals surface area contributed by atoms with E-state index in [9.17, 15) is 14.9 Å². The second-order valence-corrected chi connectivity index (χ2v) is 4.81. The Morgan fingerprint density at radius 2 is 2.16 bits per heavy atom. The van der Waals surface area contributed by atoms with Crippen LogP contribution in [0, 0.1) is 22.0 Å². The van der Waals surface area contributed by atoms with Gasteiger partial charge in [-0.3, -0.25) is 14.9 Å². The predicted molar refractivity (Wildman–Crippen MR) is 71.6 cm³/mol. The summed E-state index contributed by atoms with van der Waals surface area (Å²) < 4.78 is 0. The fourth-order valence-electron chi connectivity index (χ4n) is 1.38. The van der Waals surface area contributed by atoms with Crippen molar-refractivity contribution in [2.75, 3.05) is 12.3 Å². The number of nitro groups is 1. The fraction of sp³-hybridized carbons (Fsp3) is 0.500. The monoisotopic (exact) mass is 266 g/mol. The van der Waals surface area contributed by atoms with Crippen LogP contribution in [-0.2, 0) is 0 Å². The molecule has 1 rings (SSSR count). The topological polar surface area (TPSA) is 111 Å². The first-order chi connectivity index (χ1) is 8.82. The number of nitrogens with one attached hydrogen (secondary N) is 1. The summed E-state index contributed by atoms with van der Waals surface area (Å²) in [6.45, 7) is 6.55. The molecule has 7 nitrogen and oxygen atoms in total. The lowest BCUT2D eigenvalue weighted by atomic mass is 9.98. The van der Waals surface area contributed by atoms with Gasteiger partial charge < -0.3 is 11.1 Å². The van der Waals surface area contributed by atoms with E-state index in [1.165, 1.54) is 6.07 Å². The Labute approximate surface area is 111 Å². The summed E-state index contributed by atoms with van der Waals surface area (Å²) in [6.07, 6.45) is 0.996. The van der Waals surface area contributed by atoms with Crippen molar-refractivity contribution >= 4 is 17.4 Å². The van der Waals surface area contributed by atoms with Gasteiger partial charge >= 0.3 is 0 Å². The minimum atomic E-state index is -0.646. The van der Waals surface area contributed by atoms with Gasteiger partial charge in [0.15, 0.2) is 0 Å². The molecule has 0 spiro atoms. The summed E-state index contributed by atoms with van der Waals surface area (Å²) in [5.41, 5.74) is 5.05. The highest BCUT2D eigenvalue weighted by Crippen LogP contribution is 2.19. The highest BCUT2D eigenvalue weighted by Gasteiger charge is 2.21. The summed E-state index contributed by atoms with van der Waals surface area (Å²) in [4.78, 5) is 25.8. The molecule has 7 heteroatoms. The van der Waals surface area contributed by atoms with Crippen LogP contribution >= 0.6 is 0 Å². The number of nitrogens with two attached hydrogens (primary N) is 1. The molecule has 19 heavy (non-hydrogen) atoms. The zero-order chi connectivity index (χ0) is 14.6. The number of anilines is 1. The Morgan fingerprint density at radius 3 is 2.68 bits per heavy atom. The molecule has 1 heterocycles. The first kappa shape index (κ1) is 14.9. The van der Waals surface area contributed by atoms with Gasteiger partial charge in [0.1, 0.15) is 17.6 Å². The van der Waals surface area contributed by atoms with Crippen molar-refractivity contribution in [3.63, 3.8) is 0 Å². The third-order valence-electron chi connectivity index (χ3n) is 3.07. The van der Waals surface area contributed by atoms with E-state index in [0.717, 1.165) is 6.20 Å². The maximum absolute atomic E-state index is 12.0. The molecular formula is C12H18N4O3. The molecule has 1 aromatic rings. The molecule has 3 N–H and O–H groups in total. The molecule has 0 aliphatic rings. The van der Waals surface area contributed by atoms with E-state index in [0.29, 0.717) is 12.5 Å². The number of carbonyl (C=O) groups is 1. The van der Waals surface area contributed by atoms with E-state index in [2.05, 4.69) is 10.3 Å². The first-order valence-corrected chi connectivity index (χ1v) is 6.01. The maximum Gasteiger partial charge on any atom is 0.300 e. The summed E-state index contributed by atoms with van der Waals surface area (Å²) in [5.74, 6) is 0.265. The van der Waals surface area contributed by atoms with Crippen LogP contribution < -0.4 is 11.1 Å². The number of amides is 1. The van der Waals surface area contributed by atoms with Crippen molar-refractivity contribution in [2.24, 2.45) is 11.8 Å². The van der Waals surface area contributed by atoms with Gasteiger partial charge in [-0.05, 0) is 17.9 Å². The quantitative estimate of drug-likeness (QED) is 0.621. The van der Waals surface area contributed by atoms with Gasteiger partial charge in [-0.1, -0.05) is 20.8 Å². The van der Waals surface area contributed by atoms with Gasteiger partial charge in [-0.15, -0.1) is 0 Å². The molecule has 0 fully saturated rings. The molecule has 1 atom stereocenters. The molecule has 1 amide bonds. The molecule has 1 unspecified atom stereocenters. The van der Waals surface area contributed by atoms with Crippen LogP contribution in [0.25, 0.3) is 0 Å². The lowest BCUT2D eigenvalue weighted by molar-refractivity contribution is -0.385. The molecule has 104 valence electrons. The van der Waals surface area contributed by atoms with Crippen molar-refractivity contribution < 1.29 is 9.72 Å². The second-order valence-electron chi connectivity index (χ2n) is 4.81. The van der Waals surface area contributed by atoms with Gasteiger partial charge in [0.05, 0.1) is 4.92 Å². The van der Waals surface area contributed by atoms with Crippen LogP contribution in [0.2, 0.25) is 0 Å². The number of pyridine rings is 1. The van der Waals surface area contributed by atoms with Crippen LogP contribution in [0.15, 0.2) is 12.3 Å². The molecule has 0 saturated carbocycles. The van der Waals surface area contributed by atoms with E-state index < -0.39 is 10.8 Å². The maximum atomic E-state index is 12.0. The molecule has 0 radical (unpaired) electrons. The molecule has 0 bridgehead atoms. The standard InChI is InChI=1S/C12H18N4O3/c1-7(2)8(3)5-15-12(17)9-4-11(13)14-6-10(9)16(18)19/h4,6-8H,5H2,1-3H3,(H2,13,14)(H,15,17). The van der Waals surface area contributed by atoms with E-state index >= 15 is 0 Å². The largest absolute Gasteiger partial charge is 0.384 e. The van der Waals surface area contributed by atoms with Gasteiger partial charge in [0, 0.05) is 6.54 Å². The Bertz CT molecular complexity index is 488. The van der Waals surface area contributed by atoms with Crippen molar-refractivity contribution in [3.05, 3.63) is 27.9 Å². The molecular weight excluding hydrogens is 248 g/mol.